The van der Waals surface area contributed by atoms with Crippen molar-refractivity contribution >= 4 is 22.9 Å². The zero-order valence-corrected chi connectivity index (χ0v) is 19.2. The van der Waals surface area contributed by atoms with Gasteiger partial charge in [-0.05, 0) is 54.5 Å². The fourth-order valence-electron chi connectivity index (χ4n) is 4.36. The lowest BCUT2D eigenvalue weighted by atomic mass is 9.86. The number of rotatable bonds is 5. The van der Waals surface area contributed by atoms with Gasteiger partial charge in [-0.1, -0.05) is 52.0 Å². The number of carbonyl (C=O) groups excluding carboxylic acids is 1. The molecular formula is C26H34N4O. The summed E-state index contributed by atoms with van der Waals surface area (Å²) in [5, 5.41) is 3.24. The van der Waals surface area contributed by atoms with E-state index in [1.165, 1.54) is 11.1 Å². The summed E-state index contributed by atoms with van der Waals surface area (Å²) in [5.41, 5.74) is 4.33. The highest BCUT2D eigenvalue weighted by Crippen LogP contribution is 2.26. The van der Waals surface area contributed by atoms with E-state index in [1.807, 2.05) is 18.2 Å². The van der Waals surface area contributed by atoms with E-state index in [2.05, 4.69) is 72.8 Å². The van der Waals surface area contributed by atoms with Gasteiger partial charge in [-0.2, -0.15) is 0 Å². The molecule has 164 valence electrons. The standard InChI is InChI=1S/C26H34N4O/c1-5-16-30-23-9-7-6-8-22(23)28-25(30)29-17-14-21(15-18-29)27-24(31)19-10-12-20(13-11-19)26(2,3)4/h6-13,21H,5,14-18H2,1-4H3,(H,27,31). The number of nitrogens with zero attached hydrogens (tertiary/aromatic N) is 3. The van der Waals surface area contributed by atoms with E-state index in [0.29, 0.717) is 0 Å². The Labute approximate surface area is 185 Å². The molecule has 0 unspecified atom stereocenters. The van der Waals surface area contributed by atoms with Gasteiger partial charge in [0.1, 0.15) is 0 Å². The first-order valence-electron chi connectivity index (χ1n) is 11.5. The molecule has 1 aliphatic rings. The Bertz CT molecular complexity index is 1040. The summed E-state index contributed by atoms with van der Waals surface area (Å²) in [6, 6.07) is 16.6. The van der Waals surface area contributed by atoms with Crippen LogP contribution in [-0.2, 0) is 12.0 Å². The second-order valence-electron chi connectivity index (χ2n) is 9.61. The summed E-state index contributed by atoms with van der Waals surface area (Å²) < 4.78 is 2.34. The average Bonchev–Trinajstić information content (AvgIpc) is 3.13. The van der Waals surface area contributed by atoms with Crippen LogP contribution in [0.2, 0.25) is 0 Å². The predicted molar refractivity (Wildman–Crippen MR) is 128 cm³/mol. The number of hydrogen-bond acceptors (Lipinski definition) is 3. The predicted octanol–water partition coefficient (Wildman–Crippen LogP) is 5.14. The Hall–Kier alpha value is -2.82. The normalized spacial score (nSPS) is 15.4. The Morgan fingerprint density at radius 3 is 2.39 bits per heavy atom. The maximum absolute atomic E-state index is 12.7. The lowest BCUT2D eigenvalue weighted by Crippen LogP contribution is -2.45. The molecule has 31 heavy (non-hydrogen) atoms. The van der Waals surface area contributed by atoms with Crippen LogP contribution < -0.4 is 10.2 Å². The van der Waals surface area contributed by atoms with Crippen LogP contribution in [0.5, 0.6) is 0 Å². The first-order chi connectivity index (χ1) is 14.9. The van der Waals surface area contributed by atoms with Crippen molar-refractivity contribution in [2.45, 2.75) is 65.0 Å². The van der Waals surface area contributed by atoms with Crippen LogP contribution in [0.25, 0.3) is 11.0 Å². The number of anilines is 1. The van der Waals surface area contributed by atoms with Crippen molar-refractivity contribution in [2.24, 2.45) is 0 Å². The molecule has 1 amide bonds. The Kier molecular flexibility index (Phi) is 6.03. The largest absolute Gasteiger partial charge is 0.349 e. The van der Waals surface area contributed by atoms with Gasteiger partial charge in [0.05, 0.1) is 11.0 Å². The summed E-state index contributed by atoms with van der Waals surface area (Å²) in [5.74, 6) is 1.09. The molecule has 0 atom stereocenters. The number of carbonyl (C=O) groups is 1. The molecule has 1 N–H and O–H groups in total. The van der Waals surface area contributed by atoms with Gasteiger partial charge in [-0.3, -0.25) is 4.79 Å². The first-order valence-corrected chi connectivity index (χ1v) is 11.5. The summed E-state index contributed by atoms with van der Waals surface area (Å²) in [7, 11) is 0. The first kappa shape index (κ1) is 21.4. The van der Waals surface area contributed by atoms with Crippen LogP contribution in [0.3, 0.4) is 0 Å². The van der Waals surface area contributed by atoms with E-state index in [4.69, 9.17) is 4.98 Å². The van der Waals surface area contributed by atoms with Crippen LogP contribution in [0, 0.1) is 0 Å². The summed E-state index contributed by atoms with van der Waals surface area (Å²) in [4.78, 5) is 20.0. The van der Waals surface area contributed by atoms with Crippen molar-refractivity contribution in [3.05, 3.63) is 59.7 Å². The third kappa shape index (κ3) is 4.60. The number of fused-ring (bicyclic) bond motifs is 1. The Balaban J connectivity index is 1.39. The molecule has 4 rings (SSSR count). The van der Waals surface area contributed by atoms with Gasteiger partial charge >= 0.3 is 0 Å². The number of aromatic nitrogens is 2. The van der Waals surface area contributed by atoms with E-state index < -0.39 is 0 Å². The fraction of sp³-hybridized carbons (Fsp3) is 0.462. The van der Waals surface area contributed by atoms with Crippen molar-refractivity contribution in [1.82, 2.24) is 14.9 Å². The van der Waals surface area contributed by atoms with Gasteiger partial charge in [0.2, 0.25) is 5.95 Å². The van der Waals surface area contributed by atoms with Gasteiger partial charge in [-0.15, -0.1) is 0 Å². The minimum absolute atomic E-state index is 0.0251. The number of para-hydroxylation sites is 2. The molecule has 3 aromatic rings. The summed E-state index contributed by atoms with van der Waals surface area (Å²) >= 11 is 0. The molecule has 1 fully saturated rings. The van der Waals surface area contributed by atoms with Crippen molar-refractivity contribution in [1.29, 1.82) is 0 Å². The topological polar surface area (TPSA) is 50.2 Å². The summed E-state index contributed by atoms with van der Waals surface area (Å²) in [6.07, 6.45) is 2.94. The minimum Gasteiger partial charge on any atom is -0.349 e. The number of aryl methyl sites for hydroxylation is 1. The molecule has 0 saturated carbocycles. The zero-order valence-electron chi connectivity index (χ0n) is 19.2. The van der Waals surface area contributed by atoms with Crippen LogP contribution in [0.15, 0.2) is 48.5 Å². The number of benzene rings is 2. The molecule has 5 nitrogen and oxygen atoms in total. The van der Waals surface area contributed by atoms with Gasteiger partial charge in [0.25, 0.3) is 5.91 Å². The Morgan fingerprint density at radius 2 is 1.74 bits per heavy atom. The smallest absolute Gasteiger partial charge is 0.251 e. The molecule has 2 heterocycles. The second-order valence-corrected chi connectivity index (χ2v) is 9.61. The highest BCUT2D eigenvalue weighted by molar-refractivity contribution is 5.94. The maximum Gasteiger partial charge on any atom is 0.251 e. The SMILES string of the molecule is CCCn1c(N2CCC(NC(=O)c3ccc(C(C)(C)C)cc3)CC2)nc2ccccc21. The molecule has 0 aliphatic carbocycles. The molecule has 1 saturated heterocycles. The third-order valence-corrected chi connectivity index (χ3v) is 6.21. The quantitative estimate of drug-likeness (QED) is 0.624. The van der Waals surface area contributed by atoms with Crippen LogP contribution >= 0.6 is 0 Å². The van der Waals surface area contributed by atoms with Crippen molar-refractivity contribution in [3.8, 4) is 0 Å². The van der Waals surface area contributed by atoms with Crippen molar-refractivity contribution in [2.75, 3.05) is 18.0 Å². The molecule has 1 aliphatic heterocycles. The van der Waals surface area contributed by atoms with Crippen LogP contribution in [0.4, 0.5) is 5.95 Å². The highest BCUT2D eigenvalue weighted by atomic mass is 16.1. The number of amides is 1. The lowest BCUT2D eigenvalue weighted by molar-refractivity contribution is 0.0931. The van der Waals surface area contributed by atoms with E-state index in [-0.39, 0.29) is 17.4 Å². The van der Waals surface area contributed by atoms with Crippen molar-refractivity contribution < 1.29 is 4.79 Å². The second kappa shape index (κ2) is 8.74. The monoisotopic (exact) mass is 418 g/mol. The summed E-state index contributed by atoms with van der Waals surface area (Å²) in [6.45, 7) is 11.5. The number of imidazole rings is 1. The number of piperidine rings is 1. The molecule has 2 aromatic carbocycles. The van der Waals surface area contributed by atoms with E-state index in [0.717, 1.165) is 55.9 Å². The number of hydrogen-bond donors (Lipinski definition) is 1. The third-order valence-electron chi connectivity index (χ3n) is 6.21. The maximum atomic E-state index is 12.7. The van der Waals surface area contributed by atoms with Gasteiger partial charge in [-0.25, -0.2) is 4.98 Å². The zero-order chi connectivity index (χ0) is 22.0. The number of nitrogens with one attached hydrogen (secondary N) is 1. The van der Waals surface area contributed by atoms with Gasteiger partial charge < -0.3 is 14.8 Å². The molecule has 0 spiro atoms. The van der Waals surface area contributed by atoms with E-state index >= 15 is 0 Å². The van der Waals surface area contributed by atoms with Crippen molar-refractivity contribution in [3.63, 3.8) is 0 Å². The minimum atomic E-state index is 0.0251. The van der Waals surface area contributed by atoms with Gasteiger partial charge in [0, 0.05) is 31.2 Å². The van der Waals surface area contributed by atoms with Gasteiger partial charge in [0.15, 0.2) is 0 Å². The fourth-order valence-corrected chi connectivity index (χ4v) is 4.36. The van der Waals surface area contributed by atoms with Crippen LogP contribution in [0.1, 0.15) is 62.9 Å². The van der Waals surface area contributed by atoms with Crippen LogP contribution in [-0.4, -0.2) is 34.6 Å². The molecule has 0 radical (unpaired) electrons. The highest BCUT2D eigenvalue weighted by Gasteiger charge is 2.25. The Morgan fingerprint density at radius 1 is 1.06 bits per heavy atom. The van der Waals surface area contributed by atoms with E-state index in [1.54, 1.807) is 0 Å². The molecular weight excluding hydrogens is 384 g/mol. The lowest BCUT2D eigenvalue weighted by Gasteiger charge is -2.33. The molecule has 0 bridgehead atoms. The van der Waals surface area contributed by atoms with E-state index in [9.17, 15) is 4.79 Å². The molecule has 5 heteroatoms. The molecule has 1 aromatic heterocycles. The average molecular weight is 419 g/mol.